The highest BCUT2D eigenvalue weighted by atomic mass is 16.5. The quantitative estimate of drug-likeness (QED) is 0.235. The molecule has 5 aromatic rings. The number of anilines is 2. The third-order valence-electron chi connectivity index (χ3n) is 6.37. The second-order valence-corrected chi connectivity index (χ2v) is 9.41. The number of methoxy groups -OCH3 is 2. The Balaban J connectivity index is 0.000000210. The van der Waals surface area contributed by atoms with Crippen molar-refractivity contribution in [1.29, 1.82) is 0 Å². The normalized spacial score (nSPS) is 10.3. The summed E-state index contributed by atoms with van der Waals surface area (Å²) in [5, 5.41) is 7.27. The van der Waals surface area contributed by atoms with Crippen LogP contribution in [-0.4, -0.2) is 30.1 Å². The van der Waals surface area contributed by atoms with Crippen molar-refractivity contribution in [2.75, 3.05) is 19.5 Å². The van der Waals surface area contributed by atoms with Gasteiger partial charge in [-0.1, -0.05) is 47.5 Å². The molecule has 0 bridgehead atoms. The van der Waals surface area contributed by atoms with Crippen LogP contribution < -0.4 is 20.1 Å². The van der Waals surface area contributed by atoms with Crippen molar-refractivity contribution < 1.29 is 14.3 Å². The Labute approximate surface area is 235 Å². The van der Waals surface area contributed by atoms with Gasteiger partial charge < -0.3 is 20.1 Å². The number of fused-ring (bicyclic) bond motifs is 1. The lowest BCUT2D eigenvalue weighted by Crippen LogP contribution is -2.24. The van der Waals surface area contributed by atoms with Crippen molar-refractivity contribution in [3.8, 4) is 11.5 Å². The van der Waals surface area contributed by atoms with Gasteiger partial charge in [-0.2, -0.15) is 0 Å². The summed E-state index contributed by atoms with van der Waals surface area (Å²) in [4.78, 5) is 21.2. The largest absolute Gasteiger partial charge is 0.493 e. The monoisotopic (exact) mass is 534 g/mol. The number of hydrogen-bond acceptors (Lipinski definition) is 6. The Morgan fingerprint density at radius 3 is 2.25 bits per heavy atom. The Morgan fingerprint density at radius 1 is 0.775 bits per heavy atom. The summed E-state index contributed by atoms with van der Waals surface area (Å²) in [5.41, 5.74) is 6.96. The molecule has 2 N–H and O–H groups in total. The fraction of sp³-hybridized carbons (Fsp3) is 0.182. The fourth-order valence-electron chi connectivity index (χ4n) is 4.17. The topological polar surface area (TPSA) is 85.4 Å². The lowest BCUT2D eigenvalue weighted by atomic mass is 10.1. The van der Waals surface area contributed by atoms with E-state index in [0.29, 0.717) is 23.7 Å². The van der Waals surface area contributed by atoms with Crippen LogP contribution in [0.3, 0.4) is 0 Å². The Bertz CT molecular complexity index is 1600. The molecule has 2 heterocycles. The van der Waals surface area contributed by atoms with Crippen LogP contribution in [-0.2, 0) is 6.54 Å². The maximum Gasteiger partial charge on any atom is 0.255 e. The number of carbonyl (C=O) groups is 1. The van der Waals surface area contributed by atoms with Crippen molar-refractivity contribution in [1.82, 2.24) is 15.3 Å². The molecule has 0 aliphatic rings. The predicted octanol–water partition coefficient (Wildman–Crippen LogP) is 6.93. The standard InChI is InChI=1S/C21H21N3O.C12H13NO2/c1-15-8-10-18(11-9-15)24-20-19(7-4-12-22-20)21(25)23-14-17-6-3-5-16(2)13-17;1-8-4-5-13-10-7-12(15-3)11(14-2)6-9(8)10/h3-13H,14H2,1-2H3,(H,22,24)(H,23,25);4-7H,1-3H3. The number of aromatic nitrogens is 2. The number of ether oxygens (including phenoxy) is 2. The predicted molar refractivity (Wildman–Crippen MR) is 161 cm³/mol. The molecule has 3 aromatic carbocycles. The third-order valence-corrected chi connectivity index (χ3v) is 6.37. The molecule has 204 valence electrons. The summed E-state index contributed by atoms with van der Waals surface area (Å²) in [6.45, 7) is 6.61. The van der Waals surface area contributed by atoms with Gasteiger partial charge in [-0.15, -0.1) is 0 Å². The van der Waals surface area contributed by atoms with E-state index in [2.05, 4.69) is 33.6 Å². The summed E-state index contributed by atoms with van der Waals surface area (Å²) >= 11 is 0. The average molecular weight is 535 g/mol. The molecule has 0 aliphatic carbocycles. The molecule has 0 unspecified atom stereocenters. The van der Waals surface area contributed by atoms with Crippen molar-refractivity contribution in [2.24, 2.45) is 0 Å². The van der Waals surface area contributed by atoms with Gasteiger partial charge in [-0.05, 0) is 68.3 Å². The molecule has 0 saturated heterocycles. The zero-order valence-electron chi connectivity index (χ0n) is 23.5. The maximum absolute atomic E-state index is 12.6. The third kappa shape index (κ3) is 7.14. The van der Waals surface area contributed by atoms with Gasteiger partial charge >= 0.3 is 0 Å². The van der Waals surface area contributed by atoms with E-state index in [1.54, 1.807) is 38.7 Å². The fourth-order valence-corrected chi connectivity index (χ4v) is 4.17. The van der Waals surface area contributed by atoms with Crippen LogP contribution in [0, 0.1) is 20.8 Å². The van der Waals surface area contributed by atoms with Crippen molar-refractivity contribution in [3.63, 3.8) is 0 Å². The van der Waals surface area contributed by atoms with E-state index in [9.17, 15) is 4.79 Å². The first-order valence-electron chi connectivity index (χ1n) is 13.0. The Morgan fingerprint density at radius 2 is 1.52 bits per heavy atom. The van der Waals surface area contributed by atoms with E-state index in [1.807, 2.05) is 74.5 Å². The summed E-state index contributed by atoms with van der Waals surface area (Å²) < 4.78 is 10.5. The molecule has 7 heteroatoms. The van der Waals surface area contributed by atoms with E-state index in [4.69, 9.17) is 9.47 Å². The SMILES string of the molecule is COc1cc2nccc(C)c2cc1OC.Cc1ccc(Nc2ncccc2C(=O)NCc2cccc(C)c2)cc1. The maximum atomic E-state index is 12.6. The number of aryl methyl sites for hydroxylation is 3. The highest BCUT2D eigenvalue weighted by Crippen LogP contribution is 2.32. The number of pyridine rings is 2. The molecule has 1 amide bonds. The van der Waals surface area contributed by atoms with Crippen LogP contribution in [0.5, 0.6) is 11.5 Å². The minimum Gasteiger partial charge on any atom is -0.493 e. The van der Waals surface area contributed by atoms with Crippen LogP contribution in [0.4, 0.5) is 11.5 Å². The summed E-state index contributed by atoms with van der Waals surface area (Å²) in [7, 11) is 3.26. The molecule has 7 nitrogen and oxygen atoms in total. The van der Waals surface area contributed by atoms with E-state index >= 15 is 0 Å². The second-order valence-electron chi connectivity index (χ2n) is 9.41. The molecule has 0 aliphatic heterocycles. The molecular formula is C33H34N4O3. The van der Waals surface area contributed by atoms with Gasteiger partial charge in [0.05, 0.1) is 25.3 Å². The van der Waals surface area contributed by atoms with Crippen LogP contribution in [0.15, 0.2) is 91.3 Å². The average Bonchev–Trinajstić information content (AvgIpc) is 2.97. The van der Waals surface area contributed by atoms with Crippen molar-refractivity contribution in [2.45, 2.75) is 27.3 Å². The van der Waals surface area contributed by atoms with E-state index in [-0.39, 0.29) is 5.91 Å². The number of rotatable bonds is 7. The molecule has 0 radical (unpaired) electrons. The summed E-state index contributed by atoms with van der Waals surface area (Å²) in [5.74, 6) is 1.85. The van der Waals surface area contributed by atoms with Gasteiger partial charge in [0, 0.05) is 36.1 Å². The smallest absolute Gasteiger partial charge is 0.255 e. The first-order valence-corrected chi connectivity index (χ1v) is 13.0. The van der Waals surface area contributed by atoms with Crippen molar-refractivity contribution in [3.05, 3.63) is 119 Å². The van der Waals surface area contributed by atoms with Crippen LogP contribution in [0.1, 0.15) is 32.6 Å². The molecule has 0 spiro atoms. The van der Waals surface area contributed by atoms with E-state index in [1.165, 1.54) is 16.7 Å². The minimum atomic E-state index is -0.149. The number of nitrogens with one attached hydrogen (secondary N) is 2. The highest BCUT2D eigenvalue weighted by Gasteiger charge is 2.12. The second kappa shape index (κ2) is 13.2. The number of nitrogens with zero attached hydrogens (tertiary/aromatic N) is 2. The highest BCUT2D eigenvalue weighted by molar-refractivity contribution is 5.99. The van der Waals surface area contributed by atoms with Gasteiger partial charge in [0.15, 0.2) is 11.5 Å². The van der Waals surface area contributed by atoms with E-state index in [0.717, 1.165) is 27.9 Å². The van der Waals surface area contributed by atoms with Crippen LogP contribution >= 0.6 is 0 Å². The lowest BCUT2D eigenvalue weighted by Gasteiger charge is -2.11. The molecule has 0 atom stereocenters. The molecular weight excluding hydrogens is 500 g/mol. The number of benzene rings is 3. The van der Waals surface area contributed by atoms with Gasteiger partial charge in [0.2, 0.25) is 0 Å². The van der Waals surface area contributed by atoms with Crippen LogP contribution in [0.25, 0.3) is 10.9 Å². The first kappa shape index (κ1) is 28.1. The number of carbonyl (C=O) groups excluding carboxylic acids is 1. The summed E-state index contributed by atoms with van der Waals surface area (Å²) in [6.07, 6.45) is 3.47. The summed E-state index contributed by atoms with van der Waals surface area (Å²) in [6, 6.07) is 25.4. The first-order chi connectivity index (χ1) is 19.4. The molecule has 2 aromatic heterocycles. The Kier molecular flexibility index (Phi) is 9.31. The van der Waals surface area contributed by atoms with Crippen LogP contribution in [0.2, 0.25) is 0 Å². The molecule has 0 saturated carbocycles. The molecule has 5 rings (SSSR count). The number of amides is 1. The van der Waals surface area contributed by atoms with Crippen molar-refractivity contribution >= 4 is 28.3 Å². The zero-order chi connectivity index (χ0) is 28.5. The lowest BCUT2D eigenvalue weighted by molar-refractivity contribution is 0.0951. The van der Waals surface area contributed by atoms with Gasteiger partial charge in [0.1, 0.15) is 5.82 Å². The zero-order valence-corrected chi connectivity index (χ0v) is 23.5. The molecule has 0 fully saturated rings. The van der Waals surface area contributed by atoms with E-state index < -0.39 is 0 Å². The van der Waals surface area contributed by atoms with Gasteiger partial charge in [0.25, 0.3) is 5.91 Å². The Hall–Kier alpha value is -4.91. The molecule has 40 heavy (non-hydrogen) atoms. The van der Waals surface area contributed by atoms with Gasteiger partial charge in [-0.3, -0.25) is 9.78 Å². The number of hydrogen-bond donors (Lipinski definition) is 2. The van der Waals surface area contributed by atoms with Gasteiger partial charge in [-0.25, -0.2) is 4.98 Å². The minimum absolute atomic E-state index is 0.149.